The molecule has 0 saturated carbocycles. The summed E-state index contributed by atoms with van der Waals surface area (Å²) in [5.74, 6) is 2.91. The summed E-state index contributed by atoms with van der Waals surface area (Å²) in [6.45, 7) is 4.93. The van der Waals surface area contributed by atoms with E-state index in [1.807, 2.05) is 13.8 Å². The third-order valence-corrected chi connectivity index (χ3v) is 3.32. The van der Waals surface area contributed by atoms with Crippen LogP contribution in [0.5, 0.6) is 0 Å². The van der Waals surface area contributed by atoms with E-state index < -0.39 is 5.60 Å². The van der Waals surface area contributed by atoms with Gasteiger partial charge in [0.2, 0.25) is 5.91 Å². The molecule has 1 N–H and O–H groups in total. The Kier molecular flexibility index (Phi) is 4.37. The lowest BCUT2D eigenvalue weighted by atomic mass is 9.83. The van der Waals surface area contributed by atoms with Gasteiger partial charge in [0.1, 0.15) is 5.60 Å². The van der Waals surface area contributed by atoms with Crippen LogP contribution in [0.2, 0.25) is 0 Å². The molecule has 0 aliphatic carbocycles. The first-order chi connectivity index (χ1) is 7.49. The highest BCUT2D eigenvalue weighted by atomic mass is 16.3. The van der Waals surface area contributed by atoms with Gasteiger partial charge in [0.15, 0.2) is 0 Å². The lowest BCUT2D eigenvalue weighted by Crippen LogP contribution is -2.65. The van der Waals surface area contributed by atoms with Crippen molar-refractivity contribution in [3.8, 4) is 12.3 Å². The maximum absolute atomic E-state index is 11.7. The predicted octanol–water partition coefficient (Wildman–Crippen LogP) is 1.41. The summed E-state index contributed by atoms with van der Waals surface area (Å²) in [5, 5.41) is 10.00. The Morgan fingerprint density at radius 3 is 2.62 bits per heavy atom. The Morgan fingerprint density at radius 1 is 1.50 bits per heavy atom. The van der Waals surface area contributed by atoms with Crippen molar-refractivity contribution in [2.24, 2.45) is 5.92 Å². The van der Waals surface area contributed by atoms with Gasteiger partial charge in [-0.15, -0.1) is 12.3 Å². The molecule has 0 bridgehead atoms. The van der Waals surface area contributed by atoms with E-state index in [9.17, 15) is 9.90 Å². The summed E-state index contributed by atoms with van der Waals surface area (Å²) < 4.78 is 0. The Morgan fingerprint density at radius 2 is 2.12 bits per heavy atom. The highest BCUT2D eigenvalue weighted by Gasteiger charge is 2.45. The fourth-order valence-electron chi connectivity index (χ4n) is 1.82. The van der Waals surface area contributed by atoms with Crippen LogP contribution < -0.4 is 0 Å². The van der Waals surface area contributed by atoms with Gasteiger partial charge < -0.3 is 10.0 Å². The van der Waals surface area contributed by atoms with Crippen LogP contribution in [0.3, 0.4) is 0 Å². The molecule has 3 heteroatoms. The van der Waals surface area contributed by atoms with E-state index in [4.69, 9.17) is 6.42 Å². The zero-order valence-corrected chi connectivity index (χ0v) is 10.2. The van der Waals surface area contributed by atoms with Gasteiger partial charge in [-0.2, -0.15) is 0 Å². The molecule has 0 unspecified atom stereocenters. The van der Waals surface area contributed by atoms with Crippen LogP contribution in [0.4, 0.5) is 0 Å². The summed E-state index contributed by atoms with van der Waals surface area (Å²) in [5.41, 5.74) is -0.658. The van der Waals surface area contributed by atoms with Gasteiger partial charge in [-0.1, -0.05) is 13.8 Å². The van der Waals surface area contributed by atoms with E-state index in [0.717, 1.165) is 19.3 Å². The molecule has 0 radical (unpaired) electrons. The molecule has 1 fully saturated rings. The first-order valence-electron chi connectivity index (χ1n) is 5.93. The third-order valence-electron chi connectivity index (χ3n) is 3.32. The Balaban J connectivity index is 2.20. The van der Waals surface area contributed by atoms with Crippen LogP contribution in [0.1, 0.15) is 39.5 Å². The van der Waals surface area contributed by atoms with Crippen LogP contribution >= 0.6 is 0 Å². The Bertz CT molecular complexity index is 285. The van der Waals surface area contributed by atoms with Crippen molar-refractivity contribution in [1.29, 1.82) is 0 Å². The summed E-state index contributed by atoms with van der Waals surface area (Å²) >= 11 is 0. The van der Waals surface area contributed by atoms with Gasteiger partial charge in [0.25, 0.3) is 0 Å². The summed E-state index contributed by atoms with van der Waals surface area (Å²) in [7, 11) is 0. The highest BCUT2D eigenvalue weighted by molar-refractivity contribution is 5.77. The van der Waals surface area contributed by atoms with E-state index in [1.54, 1.807) is 4.90 Å². The second-order valence-electron chi connectivity index (χ2n) is 4.92. The molecule has 1 aliphatic heterocycles. The number of hydrogen-bond donors (Lipinski definition) is 1. The first kappa shape index (κ1) is 13.1. The molecule has 16 heavy (non-hydrogen) atoms. The standard InChI is InChI=1S/C13H21NO2/c1-4-5-6-7-8-12(15)14-9-13(16,10-14)11(2)3/h1,11,16H,5-10H2,2-3H3. The fraction of sp³-hybridized carbons (Fsp3) is 0.769. The maximum atomic E-state index is 11.7. The number of nitrogens with zero attached hydrogens (tertiary/aromatic N) is 1. The SMILES string of the molecule is C#CCCCCC(=O)N1CC(O)(C(C)C)C1. The van der Waals surface area contributed by atoms with Crippen molar-refractivity contribution >= 4 is 5.91 Å². The predicted molar refractivity (Wildman–Crippen MR) is 63.7 cm³/mol. The molecular formula is C13H21NO2. The molecule has 1 aliphatic rings. The third kappa shape index (κ3) is 2.99. The number of aliphatic hydroxyl groups is 1. The molecule has 0 atom stereocenters. The number of carbonyl (C=O) groups excluding carboxylic acids is 1. The average Bonchev–Trinajstić information content (AvgIpc) is 2.19. The maximum Gasteiger partial charge on any atom is 0.222 e. The van der Waals surface area contributed by atoms with Gasteiger partial charge in [0.05, 0.1) is 13.1 Å². The quantitative estimate of drug-likeness (QED) is 0.565. The molecule has 1 saturated heterocycles. The van der Waals surface area contributed by atoms with Crippen molar-refractivity contribution in [2.45, 2.75) is 45.1 Å². The summed E-state index contributed by atoms with van der Waals surface area (Å²) in [6, 6.07) is 0. The van der Waals surface area contributed by atoms with Gasteiger partial charge in [-0.25, -0.2) is 0 Å². The number of rotatable bonds is 5. The molecule has 1 rings (SSSR count). The van der Waals surface area contributed by atoms with E-state index in [1.165, 1.54) is 0 Å². The monoisotopic (exact) mass is 223 g/mol. The van der Waals surface area contributed by atoms with E-state index in [2.05, 4.69) is 5.92 Å². The molecule has 1 amide bonds. The number of terminal acetylenes is 1. The number of amides is 1. The normalized spacial score (nSPS) is 18.1. The lowest BCUT2D eigenvalue weighted by Gasteiger charge is -2.49. The minimum Gasteiger partial charge on any atom is -0.386 e. The van der Waals surface area contributed by atoms with E-state index >= 15 is 0 Å². The first-order valence-corrected chi connectivity index (χ1v) is 5.93. The van der Waals surface area contributed by atoms with Crippen LogP contribution in [0, 0.1) is 18.3 Å². The molecule has 1 heterocycles. The molecule has 0 aromatic carbocycles. The molecule has 3 nitrogen and oxygen atoms in total. The topological polar surface area (TPSA) is 40.5 Å². The largest absolute Gasteiger partial charge is 0.386 e. The Hall–Kier alpha value is -1.01. The van der Waals surface area contributed by atoms with Crippen molar-refractivity contribution < 1.29 is 9.90 Å². The average molecular weight is 223 g/mol. The van der Waals surface area contributed by atoms with Crippen molar-refractivity contribution in [3.05, 3.63) is 0 Å². The summed E-state index contributed by atoms with van der Waals surface area (Å²) in [6.07, 6.45) is 8.18. The van der Waals surface area contributed by atoms with Crippen molar-refractivity contribution in [3.63, 3.8) is 0 Å². The Labute approximate surface area is 97.8 Å². The summed E-state index contributed by atoms with van der Waals surface area (Å²) in [4.78, 5) is 13.4. The molecule has 0 aromatic heterocycles. The van der Waals surface area contributed by atoms with E-state index in [-0.39, 0.29) is 11.8 Å². The zero-order chi connectivity index (χ0) is 12.2. The molecule has 0 aromatic rings. The second-order valence-corrected chi connectivity index (χ2v) is 4.92. The minimum atomic E-state index is -0.658. The lowest BCUT2D eigenvalue weighted by molar-refractivity contribution is -0.163. The van der Waals surface area contributed by atoms with Gasteiger partial charge in [-0.05, 0) is 18.8 Å². The molecule has 0 spiro atoms. The van der Waals surface area contributed by atoms with Crippen LogP contribution in [0.25, 0.3) is 0 Å². The zero-order valence-electron chi connectivity index (χ0n) is 10.2. The molecule has 90 valence electrons. The van der Waals surface area contributed by atoms with E-state index in [0.29, 0.717) is 19.5 Å². The number of β-amino-alcohol motifs (C(OH)–C–C–N with tert-alkyl or cyclic N) is 1. The van der Waals surface area contributed by atoms with Crippen LogP contribution in [-0.4, -0.2) is 34.6 Å². The van der Waals surface area contributed by atoms with Gasteiger partial charge >= 0.3 is 0 Å². The fourth-order valence-corrected chi connectivity index (χ4v) is 1.82. The minimum absolute atomic E-state index is 0.141. The van der Waals surface area contributed by atoms with Crippen LogP contribution in [0.15, 0.2) is 0 Å². The van der Waals surface area contributed by atoms with Gasteiger partial charge in [0, 0.05) is 12.8 Å². The van der Waals surface area contributed by atoms with Crippen molar-refractivity contribution in [1.82, 2.24) is 4.90 Å². The number of unbranched alkanes of at least 4 members (excludes halogenated alkanes) is 2. The highest BCUT2D eigenvalue weighted by Crippen LogP contribution is 2.29. The molecular weight excluding hydrogens is 202 g/mol. The van der Waals surface area contributed by atoms with Crippen LogP contribution in [-0.2, 0) is 4.79 Å². The van der Waals surface area contributed by atoms with Crippen molar-refractivity contribution in [2.75, 3.05) is 13.1 Å². The smallest absolute Gasteiger partial charge is 0.222 e. The number of hydrogen-bond acceptors (Lipinski definition) is 2. The van der Waals surface area contributed by atoms with Gasteiger partial charge in [-0.3, -0.25) is 4.79 Å². The second kappa shape index (κ2) is 5.36. The number of likely N-dealkylation sites (tertiary alicyclic amines) is 1. The number of carbonyl (C=O) groups is 1.